The molecule has 6 heteroatoms. The first-order valence-corrected chi connectivity index (χ1v) is 7.88. The average Bonchev–Trinajstić information content (AvgIpc) is 2.42. The van der Waals surface area contributed by atoms with Crippen molar-refractivity contribution in [3.63, 3.8) is 0 Å². The number of amides is 2. The van der Waals surface area contributed by atoms with E-state index < -0.39 is 0 Å². The normalized spacial score (nSPS) is 19.6. The summed E-state index contributed by atoms with van der Waals surface area (Å²) in [5.41, 5.74) is 0. The minimum atomic E-state index is 0. The predicted octanol–water partition coefficient (Wildman–Crippen LogP) is 1.12. The van der Waals surface area contributed by atoms with E-state index in [-0.39, 0.29) is 36.1 Å². The standard InChI is InChI=1S/C15H27N3O2.ClH/c1-3-4-7-17(2)14(19)12-5-8-18(9-6-12)15(20)13-10-16-11-13;/h12-13,16H,3-11H2,1-2H3;1H. The molecule has 122 valence electrons. The van der Waals surface area contributed by atoms with Gasteiger partial charge in [-0.05, 0) is 19.3 Å². The summed E-state index contributed by atoms with van der Waals surface area (Å²) in [7, 11) is 1.90. The van der Waals surface area contributed by atoms with Gasteiger partial charge < -0.3 is 15.1 Å². The number of halogens is 1. The van der Waals surface area contributed by atoms with E-state index in [9.17, 15) is 9.59 Å². The molecule has 0 atom stereocenters. The molecule has 0 aromatic heterocycles. The Kier molecular flexibility index (Phi) is 7.46. The quantitative estimate of drug-likeness (QED) is 0.827. The van der Waals surface area contributed by atoms with Crippen LogP contribution in [-0.4, -0.2) is 61.4 Å². The monoisotopic (exact) mass is 317 g/mol. The van der Waals surface area contributed by atoms with Gasteiger partial charge in [0.25, 0.3) is 0 Å². The largest absolute Gasteiger partial charge is 0.346 e. The fourth-order valence-corrected chi connectivity index (χ4v) is 2.89. The summed E-state index contributed by atoms with van der Waals surface area (Å²) in [6.45, 7) is 6.11. The lowest BCUT2D eigenvalue weighted by Gasteiger charge is -2.37. The molecule has 2 aliphatic rings. The van der Waals surface area contributed by atoms with Crippen LogP contribution in [0, 0.1) is 11.8 Å². The molecule has 2 fully saturated rings. The molecule has 2 heterocycles. The van der Waals surface area contributed by atoms with E-state index in [1.165, 1.54) is 0 Å². The Labute approximate surface area is 133 Å². The maximum absolute atomic E-state index is 12.3. The maximum Gasteiger partial charge on any atom is 0.228 e. The van der Waals surface area contributed by atoms with Crippen molar-refractivity contribution in [3.05, 3.63) is 0 Å². The Morgan fingerprint density at radius 2 is 1.81 bits per heavy atom. The molecule has 2 aliphatic heterocycles. The molecule has 2 rings (SSSR count). The van der Waals surface area contributed by atoms with Crippen molar-refractivity contribution in [1.82, 2.24) is 15.1 Å². The predicted molar refractivity (Wildman–Crippen MR) is 85.5 cm³/mol. The highest BCUT2D eigenvalue weighted by molar-refractivity contribution is 5.85. The van der Waals surface area contributed by atoms with Gasteiger partial charge in [0.2, 0.25) is 11.8 Å². The molecular formula is C15H28ClN3O2. The number of unbranched alkanes of at least 4 members (excludes halogenated alkanes) is 1. The number of carbonyl (C=O) groups excluding carboxylic acids is 2. The summed E-state index contributed by atoms with van der Waals surface area (Å²) < 4.78 is 0. The summed E-state index contributed by atoms with van der Waals surface area (Å²) in [5, 5.41) is 3.13. The molecule has 21 heavy (non-hydrogen) atoms. The van der Waals surface area contributed by atoms with Crippen LogP contribution in [0.1, 0.15) is 32.6 Å². The lowest BCUT2D eigenvalue weighted by atomic mass is 9.93. The Hall–Kier alpha value is -0.810. The summed E-state index contributed by atoms with van der Waals surface area (Å²) in [5.74, 6) is 0.819. The molecule has 2 saturated heterocycles. The van der Waals surface area contributed by atoms with E-state index in [1.54, 1.807) is 0 Å². The lowest BCUT2D eigenvalue weighted by Crippen LogP contribution is -2.54. The SMILES string of the molecule is CCCCN(C)C(=O)C1CCN(C(=O)C2CNC2)CC1.Cl. The number of carbonyl (C=O) groups is 2. The molecule has 0 saturated carbocycles. The van der Waals surface area contributed by atoms with Crippen molar-refractivity contribution in [2.75, 3.05) is 39.8 Å². The van der Waals surface area contributed by atoms with Gasteiger partial charge in [-0.15, -0.1) is 12.4 Å². The van der Waals surface area contributed by atoms with Gasteiger partial charge in [0.05, 0.1) is 5.92 Å². The van der Waals surface area contributed by atoms with Gasteiger partial charge in [0.15, 0.2) is 0 Å². The van der Waals surface area contributed by atoms with Gasteiger partial charge in [0.1, 0.15) is 0 Å². The summed E-state index contributed by atoms with van der Waals surface area (Å²) in [6.07, 6.45) is 3.82. The number of piperidine rings is 1. The third kappa shape index (κ3) is 4.58. The van der Waals surface area contributed by atoms with E-state index in [0.29, 0.717) is 0 Å². The number of hydrogen-bond donors (Lipinski definition) is 1. The van der Waals surface area contributed by atoms with E-state index in [2.05, 4.69) is 12.2 Å². The molecule has 0 unspecified atom stereocenters. The average molecular weight is 318 g/mol. The molecule has 0 aromatic rings. The fraction of sp³-hybridized carbons (Fsp3) is 0.867. The molecule has 0 bridgehead atoms. The number of hydrogen-bond acceptors (Lipinski definition) is 3. The smallest absolute Gasteiger partial charge is 0.228 e. The topological polar surface area (TPSA) is 52.7 Å². The highest BCUT2D eigenvalue weighted by Gasteiger charge is 2.33. The van der Waals surface area contributed by atoms with Crippen LogP contribution < -0.4 is 5.32 Å². The zero-order valence-corrected chi connectivity index (χ0v) is 14.0. The molecule has 0 aromatic carbocycles. The zero-order valence-electron chi connectivity index (χ0n) is 13.1. The second-order valence-corrected chi connectivity index (χ2v) is 6.07. The Bertz CT molecular complexity index is 353. The van der Waals surface area contributed by atoms with Gasteiger partial charge >= 0.3 is 0 Å². The Balaban J connectivity index is 0.00000220. The first-order chi connectivity index (χ1) is 9.63. The number of likely N-dealkylation sites (tertiary alicyclic amines) is 1. The second kappa shape index (κ2) is 8.59. The summed E-state index contributed by atoms with van der Waals surface area (Å²) >= 11 is 0. The lowest BCUT2D eigenvalue weighted by molar-refractivity contribution is -0.142. The second-order valence-electron chi connectivity index (χ2n) is 6.07. The van der Waals surface area contributed by atoms with Crippen LogP contribution in [0.5, 0.6) is 0 Å². The van der Waals surface area contributed by atoms with Crippen LogP contribution >= 0.6 is 12.4 Å². The highest BCUT2D eigenvalue weighted by atomic mass is 35.5. The van der Waals surface area contributed by atoms with Crippen LogP contribution in [0.2, 0.25) is 0 Å². The molecule has 0 spiro atoms. The van der Waals surface area contributed by atoms with Crippen molar-refractivity contribution in [2.24, 2.45) is 11.8 Å². The van der Waals surface area contributed by atoms with Crippen LogP contribution in [0.25, 0.3) is 0 Å². The Morgan fingerprint density at radius 1 is 1.19 bits per heavy atom. The third-order valence-electron chi connectivity index (χ3n) is 4.51. The van der Waals surface area contributed by atoms with Crippen molar-refractivity contribution < 1.29 is 9.59 Å². The fourth-order valence-electron chi connectivity index (χ4n) is 2.89. The summed E-state index contributed by atoms with van der Waals surface area (Å²) in [6, 6.07) is 0. The summed E-state index contributed by atoms with van der Waals surface area (Å²) in [4.78, 5) is 28.2. The maximum atomic E-state index is 12.3. The number of nitrogens with zero attached hydrogens (tertiary/aromatic N) is 2. The van der Waals surface area contributed by atoms with Gasteiger partial charge in [-0.1, -0.05) is 13.3 Å². The highest BCUT2D eigenvalue weighted by Crippen LogP contribution is 2.21. The van der Waals surface area contributed by atoms with Crippen molar-refractivity contribution >= 4 is 24.2 Å². The van der Waals surface area contributed by atoms with Gasteiger partial charge in [-0.25, -0.2) is 0 Å². The Morgan fingerprint density at radius 3 is 2.29 bits per heavy atom. The van der Waals surface area contributed by atoms with Crippen molar-refractivity contribution in [1.29, 1.82) is 0 Å². The van der Waals surface area contributed by atoms with Gasteiger partial charge in [0, 0.05) is 45.7 Å². The first kappa shape index (κ1) is 18.2. The first-order valence-electron chi connectivity index (χ1n) is 7.88. The van der Waals surface area contributed by atoms with E-state index in [0.717, 1.165) is 58.4 Å². The van der Waals surface area contributed by atoms with E-state index >= 15 is 0 Å². The molecule has 0 aliphatic carbocycles. The van der Waals surface area contributed by atoms with Crippen LogP contribution in [0.3, 0.4) is 0 Å². The van der Waals surface area contributed by atoms with Crippen LogP contribution in [0.4, 0.5) is 0 Å². The molecule has 1 N–H and O–H groups in total. The van der Waals surface area contributed by atoms with Gasteiger partial charge in [-0.3, -0.25) is 9.59 Å². The molecular weight excluding hydrogens is 290 g/mol. The molecule has 0 radical (unpaired) electrons. The third-order valence-corrected chi connectivity index (χ3v) is 4.51. The van der Waals surface area contributed by atoms with Gasteiger partial charge in [-0.2, -0.15) is 0 Å². The zero-order chi connectivity index (χ0) is 14.5. The molecule has 5 nitrogen and oxygen atoms in total. The van der Waals surface area contributed by atoms with Crippen molar-refractivity contribution in [2.45, 2.75) is 32.6 Å². The van der Waals surface area contributed by atoms with Crippen LogP contribution in [-0.2, 0) is 9.59 Å². The van der Waals surface area contributed by atoms with Crippen LogP contribution in [0.15, 0.2) is 0 Å². The number of nitrogens with one attached hydrogen (secondary N) is 1. The van der Waals surface area contributed by atoms with Crippen molar-refractivity contribution in [3.8, 4) is 0 Å². The number of rotatable bonds is 5. The van der Waals surface area contributed by atoms with E-state index in [4.69, 9.17) is 0 Å². The minimum absolute atomic E-state index is 0. The minimum Gasteiger partial charge on any atom is -0.346 e. The van der Waals surface area contributed by atoms with E-state index in [1.807, 2.05) is 16.8 Å². The molecule has 2 amide bonds.